The van der Waals surface area contributed by atoms with Crippen LogP contribution in [0, 0.1) is 0 Å². The van der Waals surface area contributed by atoms with Crippen molar-refractivity contribution in [2.24, 2.45) is 0 Å². The molecule has 0 N–H and O–H groups in total. The zero-order chi connectivity index (χ0) is 15.7. The molecule has 21 heavy (non-hydrogen) atoms. The molecular formula is C16H23NO4. The van der Waals surface area contributed by atoms with Gasteiger partial charge in [-0.3, -0.25) is 14.5 Å². The molecule has 0 spiro atoms. The molecule has 5 heteroatoms. The number of Topliss-reactive ketones (excluding diaryl/α,β-unsaturated/α-hetero) is 1. The number of hydrogen-bond donors (Lipinski definition) is 0. The molecule has 1 rings (SSSR count). The lowest BCUT2D eigenvalue weighted by atomic mass is 10.2. The number of likely N-dealkylation sites (N-methyl/N-ethyl adjacent to an activating group) is 1. The lowest BCUT2D eigenvalue weighted by molar-refractivity contribution is -0.144. The molecule has 0 fully saturated rings. The van der Waals surface area contributed by atoms with Crippen LogP contribution in [0.3, 0.4) is 0 Å². The summed E-state index contributed by atoms with van der Waals surface area (Å²) in [5.41, 5.74) is 1.08. The molecular weight excluding hydrogens is 270 g/mol. The molecule has 0 aliphatic heterocycles. The summed E-state index contributed by atoms with van der Waals surface area (Å²) >= 11 is 0. The zero-order valence-corrected chi connectivity index (χ0v) is 12.9. The Kier molecular flexibility index (Phi) is 7.46. The maximum Gasteiger partial charge on any atom is 0.306 e. The number of carbonyl (C=O) groups excluding carboxylic acids is 2. The van der Waals surface area contributed by atoms with E-state index in [-0.39, 0.29) is 24.6 Å². The van der Waals surface area contributed by atoms with E-state index in [1.165, 1.54) is 0 Å². The number of benzene rings is 1. The molecule has 5 nitrogen and oxygen atoms in total. The van der Waals surface area contributed by atoms with Crippen LogP contribution in [0.15, 0.2) is 24.3 Å². The maximum absolute atomic E-state index is 11.8. The third-order valence-corrected chi connectivity index (χ3v) is 2.95. The van der Waals surface area contributed by atoms with Gasteiger partial charge in [0.2, 0.25) is 0 Å². The first-order valence-electron chi connectivity index (χ1n) is 7.04. The number of hydrogen-bond acceptors (Lipinski definition) is 5. The maximum atomic E-state index is 11.8. The average Bonchev–Trinajstić information content (AvgIpc) is 2.45. The molecule has 0 bridgehead atoms. The van der Waals surface area contributed by atoms with Crippen molar-refractivity contribution in [2.75, 3.05) is 27.3 Å². The van der Waals surface area contributed by atoms with Crippen LogP contribution in [0.2, 0.25) is 0 Å². The standard InChI is InChI=1S/C16H23NO4/c1-4-21-16(19)9-8-14(18)12-17(2)11-13-6-5-7-15(10-13)20-3/h5-7,10H,4,8-9,11-12H2,1-3H3. The van der Waals surface area contributed by atoms with E-state index < -0.39 is 0 Å². The van der Waals surface area contributed by atoms with Crippen molar-refractivity contribution >= 4 is 11.8 Å². The van der Waals surface area contributed by atoms with Gasteiger partial charge in [0, 0.05) is 13.0 Å². The van der Waals surface area contributed by atoms with Crippen molar-refractivity contribution in [2.45, 2.75) is 26.3 Å². The SMILES string of the molecule is CCOC(=O)CCC(=O)CN(C)Cc1cccc(OC)c1. The monoisotopic (exact) mass is 293 g/mol. The molecule has 0 saturated heterocycles. The van der Waals surface area contributed by atoms with Crippen molar-refractivity contribution in [1.82, 2.24) is 4.90 Å². The molecule has 0 heterocycles. The van der Waals surface area contributed by atoms with Gasteiger partial charge in [0.15, 0.2) is 0 Å². The number of ether oxygens (including phenoxy) is 2. The molecule has 0 aromatic heterocycles. The van der Waals surface area contributed by atoms with E-state index in [0.717, 1.165) is 11.3 Å². The van der Waals surface area contributed by atoms with Gasteiger partial charge in [-0.25, -0.2) is 0 Å². The van der Waals surface area contributed by atoms with Gasteiger partial charge in [0.25, 0.3) is 0 Å². The van der Waals surface area contributed by atoms with Gasteiger partial charge in [-0.1, -0.05) is 12.1 Å². The van der Waals surface area contributed by atoms with Crippen LogP contribution in [-0.2, 0) is 20.9 Å². The summed E-state index contributed by atoms with van der Waals surface area (Å²) in [6.07, 6.45) is 0.376. The number of nitrogens with zero attached hydrogens (tertiary/aromatic N) is 1. The molecule has 0 aliphatic rings. The van der Waals surface area contributed by atoms with Crippen LogP contribution in [0.1, 0.15) is 25.3 Å². The Morgan fingerprint density at radius 1 is 1.24 bits per heavy atom. The van der Waals surface area contributed by atoms with Gasteiger partial charge in [-0.15, -0.1) is 0 Å². The first kappa shape index (κ1) is 17.2. The third kappa shape index (κ3) is 6.90. The molecule has 0 radical (unpaired) electrons. The average molecular weight is 293 g/mol. The van der Waals surface area contributed by atoms with E-state index in [0.29, 0.717) is 19.7 Å². The van der Waals surface area contributed by atoms with E-state index in [2.05, 4.69) is 0 Å². The Hall–Kier alpha value is -1.88. The highest BCUT2D eigenvalue weighted by Crippen LogP contribution is 2.13. The Balaban J connectivity index is 2.36. The fourth-order valence-corrected chi connectivity index (χ4v) is 1.99. The van der Waals surface area contributed by atoms with Crippen molar-refractivity contribution in [1.29, 1.82) is 0 Å². The van der Waals surface area contributed by atoms with Gasteiger partial charge in [0.1, 0.15) is 11.5 Å². The fraction of sp³-hybridized carbons (Fsp3) is 0.500. The second kappa shape index (κ2) is 9.13. The number of ketones is 1. The van der Waals surface area contributed by atoms with E-state index in [9.17, 15) is 9.59 Å². The quantitative estimate of drug-likeness (QED) is 0.652. The van der Waals surface area contributed by atoms with Crippen LogP contribution >= 0.6 is 0 Å². The lowest BCUT2D eigenvalue weighted by Crippen LogP contribution is -2.26. The number of carbonyl (C=O) groups is 2. The van der Waals surface area contributed by atoms with E-state index in [4.69, 9.17) is 9.47 Å². The van der Waals surface area contributed by atoms with Crippen molar-refractivity contribution in [3.63, 3.8) is 0 Å². The molecule has 0 aliphatic carbocycles. The second-order valence-electron chi connectivity index (χ2n) is 4.87. The Morgan fingerprint density at radius 2 is 2.00 bits per heavy atom. The summed E-state index contributed by atoms with van der Waals surface area (Å²) in [5.74, 6) is 0.518. The highest BCUT2D eigenvalue weighted by molar-refractivity contribution is 5.84. The summed E-state index contributed by atoms with van der Waals surface area (Å²) in [4.78, 5) is 24.9. The van der Waals surface area contributed by atoms with Crippen LogP contribution in [-0.4, -0.2) is 44.0 Å². The molecule has 0 unspecified atom stereocenters. The van der Waals surface area contributed by atoms with Gasteiger partial charge in [0.05, 0.1) is 26.7 Å². The predicted octanol–water partition coefficient (Wildman–Crippen LogP) is 2.04. The summed E-state index contributed by atoms with van der Waals surface area (Å²) in [6.45, 7) is 3.07. The van der Waals surface area contributed by atoms with Crippen LogP contribution in [0.4, 0.5) is 0 Å². The lowest BCUT2D eigenvalue weighted by Gasteiger charge is -2.16. The number of rotatable bonds is 9. The smallest absolute Gasteiger partial charge is 0.306 e. The number of methoxy groups -OCH3 is 1. The predicted molar refractivity (Wildman–Crippen MR) is 80.2 cm³/mol. The summed E-state index contributed by atoms with van der Waals surface area (Å²) in [7, 11) is 3.50. The third-order valence-electron chi connectivity index (χ3n) is 2.95. The minimum absolute atomic E-state index is 0.0356. The second-order valence-corrected chi connectivity index (χ2v) is 4.87. The van der Waals surface area contributed by atoms with Crippen molar-refractivity contribution < 1.29 is 19.1 Å². The highest BCUT2D eigenvalue weighted by Gasteiger charge is 2.10. The van der Waals surface area contributed by atoms with E-state index >= 15 is 0 Å². The largest absolute Gasteiger partial charge is 0.497 e. The first-order valence-corrected chi connectivity index (χ1v) is 7.04. The normalized spacial score (nSPS) is 10.5. The molecule has 0 amide bonds. The fourth-order valence-electron chi connectivity index (χ4n) is 1.99. The van der Waals surface area contributed by atoms with E-state index in [1.54, 1.807) is 14.0 Å². The van der Waals surface area contributed by atoms with Crippen molar-refractivity contribution in [3.8, 4) is 5.75 Å². The molecule has 0 saturated carbocycles. The van der Waals surface area contributed by atoms with Crippen LogP contribution in [0.25, 0.3) is 0 Å². The minimum atomic E-state index is -0.318. The summed E-state index contributed by atoms with van der Waals surface area (Å²) < 4.78 is 9.97. The van der Waals surface area contributed by atoms with E-state index in [1.807, 2.05) is 36.2 Å². The van der Waals surface area contributed by atoms with Crippen molar-refractivity contribution in [3.05, 3.63) is 29.8 Å². The molecule has 116 valence electrons. The zero-order valence-electron chi connectivity index (χ0n) is 12.9. The van der Waals surface area contributed by atoms with Gasteiger partial charge in [-0.2, -0.15) is 0 Å². The molecule has 0 atom stereocenters. The molecule has 1 aromatic rings. The molecule has 1 aromatic carbocycles. The number of esters is 1. The van der Waals surface area contributed by atoms with Crippen LogP contribution < -0.4 is 4.74 Å². The highest BCUT2D eigenvalue weighted by atomic mass is 16.5. The topological polar surface area (TPSA) is 55.8 Å². The van der Waals surface area contributed by atoms with Gasteiger partial charge >= 0.3 is 5.97 Å². The minimum Gasteiger partial charge on any atom is -0.497 e. The van der Waals surface area contributed by atoms with Gasteiger partial charge < -0.3 is 9.47 Å². The Bertz CT molecular complexity index is 473. The summed E-state index contributed by atoms with van der Waals surface area (Å²) in [6, 6.07) is 7.74. The van der Waals surface area contributed by atoms with Gasteiger partial charge in [-0.05, 0) is 31.7 Å². The Labute approximate surface area is 125 Å². The van der Waals surface area contributed by atoms with Crippen LogP contribution in [0.5, 0.6) is 5.75 Å². The first-order chi connectivity index (χ1) is 10.0. The Morgan fingerprint density at radius 3 is 2.67 bits per heavy atom. The summed E-state index contributed by atoms with van der Waals surface area (Å²) in [5, 5.41) is 0.